The zero-order valence-corrected chi connectivity index (χ0v) is 17.8. The average Bonchev–Trinajstić information content (AvgIpc) is 3.21. The smallest absolute Gasteiger partial charge is 0.208 e. The summed E-state index contributed by atoms with van der Waals surface area (Å²) in [6.45, 7) is 8.69. The number of oxazole rings is 1. The van der Waals surface area contributed by atoms with Gasteiger partial charge in [-0.1, -0.05) is 0 Å². The third-order valence-electron chi connectivity index (χ3n) is 5.44. The summed E-state index contributed by atoms with van der Waals surface area (Å²) in [7, 11) is 5.84. The summed E-state index contributed by atoms with van der Waals surface area (Å²) in [5.41, 5.74) is 2.18. The maximum atomic E-state index is 5.72. The second kappa shape index (κ2) is 9.23. The monoisotopic (exact) mass is 387 g/mol. The van der Waals surface area contributed by atoms with Crippen molar-refractivity contribution in [3.63, 3.8) is 0 Å². The van der Waals surface area contributed by atoms with E-state index in [4.69, 9.17) is 4.42 Å². The lowest BCUT2D eigenvalue weighted by molar-refractivity contribution is 0.163. The molecular weight excluding hydrogens is 354 g/mol. The van der Waals surface area contributed by atoms with Crippen LogP contribution < -0.4 is 5.32 Å². The van der Waals surface area contributed by atoms with Gasteiger partial charge in [-0.3, -0.25) is 14.6 Å². The Hall–Kier alpha value is -2.35. The number of nitrogens with zero attached hydrogens (tertiary/aromatic N) is 6. The molecule has 0 spiro atoms. The number of aryl methyl sites for hydroxylation is 3. The second-order valence-corrected chi connectivity index (χ2v) is 7.78. The van der Waals surface area contributed by atoms with E-state index in [9.17, 15) is 0 Å². The van der Waals surface area contributed by atoms with Gasteiger partial charge in [0.25, 0.3) is 0 Å². The molecule has 0 bridgehead atoms. The number of piperidine rings is 1. The molecule has 0 amide bonds. The topological polar surface area (TPSA) is 74.7 Å². The average molecular weight is 388 g/mol. The van der Waals surface area contributed by atoms with Gasteiger partial charge in [0.1, 0.15) is 5.76 Å². The van der Waals surface area contributed by atoms with Crippen molar-refractivity contribution in [3.8, 4) is 0 Å². The van der Waals surface area contributed by atoms with Crippen LogP contribution in [0.25, 0.3) is 0 Å². The van der Waals surface area contributed by atoms with Crippen molar-refractivity contribution >= 4 is 5.96 Å². The quantitative estimate of drug-likeness (QED) is 0.603. The van der Waals surface area contributed by atoms with Crippen LogP contribution in [0, 0.1) is 19.8 Å². The van der Waals surface area contributed by atoms with Crippen LogP contribution in [-0.4, -0.2) is 64.3 Å². The Kier molecular flexibility index (Phi) is 6.72. The van der Waals surface area contributed by atoms with E-state index in [0.29, 0.717) is 5.92 Å². The molecule has 2 aromatic heterocycles. The minimum absolute atomic E-state index is 0.660. The van der Waals surface area contributed by atoms with Crippen molar-refractivity contribution in [1.82, 2.24) is 29.9 Å². The minimum atomic E-state index is 0.660. The largest absolute Gasteiger partial charge is 0.444 e. The standard InChI is InChI=1S/C20H33N7O/c1-15-16(2)28-19(24-15)14-27-8-6-17(7-9-27)10-22-20(21-3)25(4)12-18-11-23-26(5)13-18/h11,13,17H,6-10,12,14H2,1-5H3,(H,21,22). The molecule has 1 aliphatic heterocycles. The van der Waals surface area contributed by atoms with Gasteiger partial charge in [-0.05, 0) is 45.7 Å². The molecule has 0 aliphatic carbocycles. The van der Waals surface area contributed by atoms with E-state index < -0.39 is 0 Å². The van der Waals surface area contributed by atoms with Crippen molar-refractivity contribution in [1.29, 1.82) is 0 Å². The molecule has 0 radical (unpaired) electrons. The molecule has 1 fully saturated rings. The van der Waals surface area contributed by atoms with E-state index in [1.54, 1.807) is 0 Å². The Morgan fingerprint density at radius 2 is 2.11 bits per heavy atom. The number of aliphatic imine (C=N–C) groups is 1. The van der Waals surface area contributed by atoms with Gasteiger partial charge in [0.05, 0.1) is 18.4 Å². The molecule has 8 nitrogen and oxygen atoms in total. The Morgan fingerprint density at radius 1 is 1.36 bits per heavy atom. The van der Waals surface area contributed by atoms with Gasteiger partial charge in [-0.25, -0.2) is 4.98 Å². The summed E-state index contributed by atoms with van der Waals surface area (Å²) >= 11 is 0. The molecule has 28 heavy (non-hydrogen) atoms. The molecule has 2 aromatic rings. The van der Waals surface area contributed by atoms with Crippen LogP contribution in [-0.2, 0) is 20.1 Å². The van der Waals surface area contributed by atoms with Crippen LogP contribution >= 0.6 is 0 Å². The number of nitrogens with one attached hydrogen (secondary N) is 1. The molecule has 1 saturated heterocycles. The van der Waals surface area contributed by atoms with Gasteiger partial charge < -0.3 is 14.6 Å². The third-order valence-corrected chi connectivity index (χ3v) is 5.44. The highest BCUT2D eigenvalue weighted by Crippen LogP contribution is 2.19. The van der Waals surface area contributed by atoms with E-state index in [-0.39, 0.29) is 0 Å². The molecule has 0 aromatic carbocycles. The zero-order valence-electron chi connectivity index (χ0n) is 17.8. The van der Waals surface area contributed by atoms with Crippen LogP contribution in [0.5, 0.6) is 0 Å². The Morgan fingerprint density at radius 3 is 2.68 bits per heavy atom. The number of rotatable bonds is 6. The number of hydrogen-bond donors (Lipinski definition) is 1. The highest BCUT2D eigenvalue weighted by molar-refractivity contribution is 5.79. The predicted octanol–water partition coefficient (Wildman–Crippen LogP) is 1.94. The normalized spacial score (nSPS) is 16.5. The first-order valence-electron chi connectivity index (χ1n) is 9.99. The zero-order chi connectivity index (χ0) is 20.1. The Bertz CT molecular complexity index is 767. The van der Waals surface area contributed by atoms with E-state index in [1.807, 2.05) is 45.0 Å². The Balaban J connectivity index is 1.41. The fourth-order valence-electron chi connectivity index (χ4n) is 3.67. The highest BCUT2D eigenvalue weighted by Gasteiger charge is 2.21. The van der Waals surface area contributed by atoms with Gasteiger partial charge >= 0.3 is 0 Å². The maximum Gasteiger partial charge on any atom is 0.208 e. The van der Waals surface area contributed by atoms with E-state index in [1.165, 1.54) is 18.4 Å². The SMILES string of the molecule is CN=C(NCC1CCN(Cc2nc(C)c(C)o2)CC1)N(C)Cc1cnn(C)c1. The molecule has 1 aliphatic rings. The van der Waals surface area contributed by atoms with Gasteiger partial charge in [0, 0.05) is 46.0 Å². The lowest BCUT2D eigenvalue weighted by atomic mass is 9.97. The first-order valence-corrected chi connectivity index (χ1v) is 9.99. The molecule has 8 heteroatoms. The Labute approximate surface area is 167 Å². The second-order valence-electron chi connectivity index (χ2n) is 7.78. The van der Waals surface area contributed by atoms with E-state index in [2.05, 4.69) is 37.2 Å². The molecule has 154 valence electrons. The molecule has 3 heterocycles. The van der Waals surface area contributed by atoms with Crippen molar-refractivity contribution in [3.05, 3.63) is 35.3 Å². The summed E-state index contributed by atoms with van der Waals surface area (Å²) in [6, 6.07) is 0. The summed E-state index contributed by atoms with van der Waals surface area (Å²) in [5, 5.41) is 7.77. The molecule has 0 saturated carbocycles. The number of guanidine groups is 1. The summed E-state index contributed by atoms with van der Waals surface area (Å²) in [6.07, 6.45) is 6.29. The van der Waals surface area contributed by atoms with Crippen molar-refractivity contribution < 1.29 is 4.42 Å². The highest BCUT2D eigenvalue weighted by atomic mass is 16.4. The molecule has 0 unspecified atom stereocenters. The van der Waals surface area contributed by atoms with Crippen LogP contribution in [0.1, 0.15) is 35.7 Å². The summed E-state index contributed by atoms with van der Waals surface area (Å²) in [4.78, 5) is 13.5. The first-order chi connectivity index (χ1) is 13.4. The lowest BCUT2D eigenvalue weighted by Crippen LogP contribution is -2.43. The van der Waals surface area contributed by atoms with Crippen LogP contribution in [0.4, 0.5) is 0 Å². The van der Waals surface area contributed by atoms with Crippen molar-refractivity contribution in [2.45, 2.75) is 39.8 Å². The van der Waals surface area contributed by atoms with Gasteiger partial charge in [0.2, 0.25) is 5.89 Å². The van der Waals surface area contributed by atoms with Crippen molar-refractivity contribution in [2.24, 2.45) is 18.0 Å². The van der Waals surface area contributed by atoms with Crippen LogP contribution in [0.15, 0.2) is 21.8 Å². The molecular formula is C20H33N7O. The molecule has 1 N–H and O–H groups in total. The van der Waals surface area contributed by atoms with E-state index >= 15 is 0 Å². The first kappa shape index (κ1) is 20.4. The van der Waals surface area contributed by atoms with Crippen LogP contribution in [0.2, 0.25) is 0 Å². The van der Waals surface area contributed by atoms with Gasteiger partial charge in [-0.15, -0.1) is 0 Å². The fraction of sp³-hybridized carbons (Fsp3) is 0.650. The number of aromatic nitrogens is 3. The van der Waals surface area contributed by atoms with Crippen LogP contribution in [0.3, 0.4) is 0 Å². The summed E-state index contributed by atoms with van der Waals surface area (Å²) in [5.74, 6) is 3.35. The number of hydrogen-bond acceptors (Lipinski definition) is 5. The minimum Gasteiger partial charge on any atom is -0.444 e. The summed E-state index contributed by atoms with van der Waals surface area (Å²) < 4.78 is 7.55. The third kappa shape index (κ3) is 5.34. The number of likely N-dealkylation sites (tertiary alicyclic amines) is 1. The predicted molar refractivity (Wildman–Crippen MR) is 110 cm³/mol. The van der Waals surface area contributed by atoms with Crippen molar-refractivity contribution in [2.75, 3.05) is 33.7 Å². The van der Waals surface area contributed by atoms with E-state index in [0.717, 1.165) is 56.0 Å². The fourth-order valence-corrected chi connectivity index (χ4v) is 3.67. The molecule has 3 rings (SSSR count). The van der Waals surface area contributed by atoms with Gasteiger partial charge in [-0.2, -0.15) is 5.10 Å². The van der Waals surface area contributed by atoms with Gasteiger partial charge in [0.15, 0.2) is 5.96 Å². The maximum absolute atomic E-state index is 5.72. The lowest BCUT2D eigenvalue weighted by Gasteiger charge is -2.32. The molecule has 0 atom stereocenters.